The summed E-state index contributed by atoms with van der Waals surface area (Å²) in [5, 5.41) is 1.12. The van der Waals surface area contributed by atoms with Crippen molar-refractivity contribution in [1.82, 2.24) is 4.98 Å². The molecule has 1 heterocycles. The minimum Gasteiger partial charge on any atom is -0.490 e. The third-order valence-electron chi connectivity index (χ3n) is 3.18. The summed E-state index contributed by atoms with van der Waals surface area (Å²) in [5.41, 5.74) is 7.14. The Balaban J connectivity index is 1.86. The molecule has 0 saturated carbocycles. The first-order valence-electron chi connectivity index (χ1n) is 6.75. The molecule has 98 valence electrons. The monoisotopic (exact) mass is 246 g/mol. The molecular formula is C15H22N2O. The standard InChI is InChI=1S/C15H22N2O/c1-2-3-4-7-12(16)11-18-15-10-17-14-9-6-5-8-13(14)15/h5-6,8-10,12,17H,2-4,7,11,16H2,1H3. The van der Waals surface area contributed by atoms with Crippen LogP contribution in [0, 0.1) is 0 Å². The molecule has 0 aliphatic rings. The Morgan fingerprint density at radius 1 is 1.28 bits per heavy atom. The van der Waals surface area contributed by atoms with Crippen molar-refractivity contribution in [2.24, 2.45) is 5.73 Å². The van der Waals surface area contributed by atoms with E-state index in [0.29, 0.717) is 6.61 Å². The number of para-hydroxylation sites is 1. The fourth-order valence-electron chi connectivity index (χ4n) is 2.10. The molecule has 3 heteroatoms. The van der Waals surface area contributed by atoms with Gasteiger partial charge < -0.3 is 15.5 Å². The molecule has 0 bridgehead atoms. The van der Waals surface area contributed by atoms with Crippen LogP contribution in [0.25, 0.3) is 10.9 Å². The quantitative estimate of drug-likeness (QED) is 0.735. The van der Waals surface area contributed by atoms with E-state index in [1.807, 2.05) is 24.4 Å². The number of H-pyrrole nitrogens is 1. The molecule has 2 rings (SSSR count). The van der Waals surface area contributed by atoms with Gasteiger partial charge in [-0.05, 0) is 18.6 Å². The second-order valence-electron chi connectivity index (χ2n) is 4.77. The van der Waals surface area contributed by atoms with Gasteiger partial charge in [-0.1, -0.05) is 38.3 Å². The van der Waals surface area contributed by atoms with Crippen LogP contribution in [-0.4, -0.2) is 17.6 Å². The zero-order chi connectivity index (χ0) is 12.8. The van der Waals surface area contributed by atoms with Gasteiger partial charge in [0.1, 0.15) is 12.4 Å². The SMILES string of the molecule is CCCCCC(N)COc1c[nH]c2ccccc12. The highest BCUT2D eigenvalue weighted by Gasteiger charge is 2.07. The summed E-state index contributed by atoms with van der Waals surface area (Å²) in [6.07, 6.45) is 6.62. The number of benzene rings is 1. The molecule has 0 radical (unpaired) electrons. The van der Waals surface area contributed by atoms with Crippen LogP contribution in [0.3, 0.4) is 0 Å². The first-order chi connectivity index (χ1) is 8.81. The normalized spacial score (nSPS) is 12.8. The number of hydrogen-bond acceptors (Lipinski definition) is 2. The molecule has 1 aromatic carbocycles. The van der Waals surface area contributed by atoms with E-state index in [9.17, 15) is 0 Å². The maximum atomic E-state index is 6.04. The third-order valence-corrected chi connectivity index (χ3v) is 3.18. The fraction of sp³-hybridized carbons (Fsp3) is 0.467. The summed E-state index contributed by atoms with van der Waals surface area (Å²) in [6.45, 7) is 2.79. The van der Waals surface area contributed by atoms with Crippen molar-refractivity contribution in [3.63, 3.8) is 0 Å². The molecule has 0 aliphatic heterocycles. The third kappa shape index (κ3) is 3.26. The van der Waals surface area contributed by atoms with Gasteiger partial charge in [0.15, 0.2) is 0 Å². The van der Waals surface area contributed by atoms with E-state index >= 15 is 0 Å². The lowest BCUT2D eigenvalue weighted by Gasteiger charge is -2.12. The molecule has 3 nitrogen and oxygen atoms in total. The number of unbranched alkanes of at least 4 members (excludes halogenated alkanes) is 2. The Morgan fingerprint density at radius 2 is 2.11 bits per heavy atom. The average molecular weight is 246 g/mol. The van der Waals surface area contributed by atoms with E-state index in [4.69, 9.17) is 10.5 Å². The Morgan fingerprint density at radius 3 is 2.94 bits per heavy atom. The minimum atomic E-state index is 0.130. The predicted octanol–water partition coefficient (Wildman–Crippen LogP) is 3.45. The van der Waals surface area contributed by atoms with Crippen LogP contribution in [0.1, 0.15) is 32.6 Å². The zero-order valence-electron chi connectivity index (χ0n) is 11.0. The number of nitrogens with two attached hydrogens (primary N) is 1. The van der Waals surface area contributed by atoms with Gasteiger partial charge in [0.2, 0.25) is 0 Å². The molecular weight excluding hydrogens is 224 g/mol. The number of aromatic amines is 1. The van der Waals surface area contributed by atoms with Crippen LogP contribution < -0.4 is 10.5 Å². The van der Waals surface area contributed by atoms with Gasteiger partial charge >= 0.3 is 0 Å². The van der Waals surface area contributed by atoms with E-state index in [1.165, 1.54) is 19.3 Å². The maximum Gasteiger partial charge on any atom is 0.144 e. The summed E-state index contributed by atoms with van der Waals surface area (Å²) >= 11 is 0. The van der Waals surface area contributed by atoms with E-state index in [0.717, 1.165) is 23.1 Å². The molecule has 0 saturated heterocycles. The Bertz CT molecular complexity index is 478. The van der Waals surface area contributed by atoms with Crippen molar-refractivity contribution in [3.8, 4) is 5.75 Å². The van der Waals surface area contributed by atoms with Crippen LogP contribution in [0.15, 0.2) is 30.5 Å². The maximum absolute atomic E-state index is 6.04. The Kier molecular flexibility index (Phi) is 4.65. The highest BCUT2D eigenvalue weighted by atomic mass is 16.5. The largest absolute Gasteiger partial charge is 0.490 e. The van der Waals surface area contributed by atoms with E-state index < -0.39 is 0 Å². The van der Waals surface area contributed by atoms with Crippen LogP contribution in [0.4, 0.5) is 0 Å². The summed E-state index contributed by atoms with van der Waals surface area (Å²) in [4.78, 5) is 3.20. The van der Waals surface area contributed by atoms with Crippen molar-refractivity contribution in [1.29, 1.82) is 0 Å². The second kappa shape index (κ2) is 6.45. The van der Waals surface area contributed by atoms with Gasteiger partial charge in [-0.3, -0.25) is 0 Å². The van der Waals surface area contributed by atoms with Gasteiger partial charge in [0.05, 0.1) is 0 Å². The van der Waals surface area contributed by atoms with Gasteiger partial charge in [-0.25, -0.2) is 0 Å². The highest BCUT2D eigenvalue weighted by Crippen LogP contribution is 2.24. The molecule has 1 aromatic heterocycles. The average Bonchev–Trinajstić information content (AvgIpc) is 2.80. The number of aromatic nitrogens is 1. The van der Waals surface area contributed by atoms with Gasteiger partial charge in [0.25, 0.3) is 0 Å². The van der Waals surface area contributed by atoms with E-state index in [2.05, 4.69) is 18.0 Å². The van der Waals surface area contributed by atoms with Crippen molar-refractivity contribution < 1.29 is 4.74 Å². The number of fused-ring (bicyclic) bond motifs is 1. The van der Waals surface area contributed by atoms with E-state index in [-0.39, 0.29) is 6.04 Å². The summed E-state index contributed by atoms with van der Waals surface area (Å²) < 4.78 is 5.80. The van der Waals surface area contributed by atoms with Crippen molar-refractivity contribution in [2.75, 3.05) is 6.61 Å². The number of nitrogens with one attached hydrogen (secondary N) is 1. The summed E-state index contributed by atoms with van der Waals surface area (Å²) in [7, 11) is 0. The van der Waals surface area contributed by atoms with Crippen LogP contribution in [0.5, 0.6) is 5.75 Å². The lowest BCUT2D eigenvalue weighted by molar-refractivity contribution is 0.282. The number of ether oxygens (including phenoxy) is 1. The first kappa shape index (κ1) is 13.0. The molecule has 3 N–H and O–H groups in total. The van der Waals surface area contributed by atoms with Gasteiger partial charge in [-0.2, -0.15) is 0 Å². The van der Waals surface area contributed by atoms with Gasteiger partial charge in [0, 0.05) is 23.1 Å². The molecule has 18 heavy (non-hydrogen) atoms. The Labute approximate surface area is 108 Å². The van der Waals surface area contributed by atoms with Crippen molar-refractivity contribution in [2.45, 2.75) is 38.6 Å². The van der Waals surface area contributed by atoms with E-state index in [1.54, 1.807) is 0 Å². The lowest BCUT2D eigenvalue weighted by Crippen LogP contribution is -2.27. The summed E-state index contributed by atoms with van der Waals surface area (Å²) in [6, 6.07) is 8.27. The molecule has 0 spiro atoms. The summed E-state index contributed by atoms with van der Waals surface area (Å²) in [5.74, 6) is 0.900. The Hall–Kier alpha value is -1.48. The topological polar surface area (TPSA) is 51.0 Å². The number of rotatable bonds is 7. The minimum absolute atomic E-state index is 0.130. The molecule has 0 aliphatic carbocycles. The molecule has 0 amide bonds. The van der Waals surface area contributed by atoms with Crippen LogP contribution >= 0.6 is 0 Å². The number of hydrogen-bond donors (Lipinski definition) is 2. The zero-order valence-corrected chi connectivity index (χ0v) is 11.0. The highest BCUT2D eigenvalue weighted by molar-refractivity contribution is 5.85. The van der Waals surface area contributed by atoms with Crippen molar-refractivity contribution in [3.05, 3.63) is 30.5 Å². The predicted molar refractivity (Wildman–Crippen MR) is 75.9 cm³/mol. The van der Waals surface area contributed by atoms with Crippen LogP contribution in [0.2, 0.25) is 0 Å². The second-order valence-corrected chi connectivity index (χ2v) is 4.77. The smallest absolute Gasteiger partial charge is 0.144 e. The van der Waals surface area contributed by atoms with Crippen molar-refractivity contribution >= 4 is 10.9 Å². The van der Waals surface area contributed by atoms with Gasteiger partial charge in [-0.15, -0.1) is 0 Å². The molecule has 1 atom stereocenters. The lowest BCUT2D eigenvalue weighted by atomic mass is 10.1. The fourth-order valence-corrected chi connectivity index (χ4v) is 2.10. The molecule has 1 unspecified atom stereocenters. The molecule has 0 fully saturated rings. The van der Waals surface area contributed by atoms with Crippen LogP contribution in [-0.2, 0) is 0 Å². The first-order valence-corrected chi connectivity index (χ1v) is 6.75. The molecule has 2 aromatic rings.